The predicted octanol–water partition coefficient (Wildman–Crippen LogP) is 2.98. The van der Waals surface area contributed by atoms with Crippen molar-refractivity contribution in [3.63, 3.8) is 0 Å². The maximum Gasteiger partial charge on any atom is 0.0391 e. The lowest BCUT2D eigenvalue weighted by molar-refractivity contribution is 0.184. The molecule has 18 heavy (non-hydrogen) atoms. The molecule has 0 radical (unpaired) electrons. The summed E-state index contributed by atoms with van der Waals surface area (Å²) in [6.45, 7) is 8.75. The zero-order valence-electron chi connectivity index (χ0n) is 11.9. The Hall–Kier alpha value is -0.860. The van der Waals surface area contributed by atoms with E-state index in [-0.39, 0.29) is 0 Å². The molecule has 0 bridgehead atoms. The summed E-state index contributed by atoms with van der Waals surface area (Å²) in [5.74, 6) is 0.611. The fourth-order valence-corrected chi connectivity index (χ4v) is 3.12. The lowest BCUT2D eigenvalue weighted by atomic mass is 9.92. The molecule has 2 heteroatoms. The smallest absolute Gasteiger partial charge is 0.0391 e. The van der Waals surface area contributed by atoms with E-state index in [1.807, 2.05) is 0 Å². The second kappa shape index (κ2) is 5.85. The van der Waals surface area contributed by atoms with Crippen molar-refractivity contribution in [3.05, 3.63) is 35.4 Å². The van der Waals surface area contributed by atoms with Gasteiger partial charge < -0.3 is 5.73 Å². The average molecular weight is 246 g/mol. The summed E-state index contributed by atoms with van der Waals surface area (Å²) >= 11 is 0. The van der Waals surface area contributed by atoms with E-state index in [1.54, 1.807) is 0 Å². The lowest BCUT2D eigenvalue weighted by Crippen LogP contribution is -2.33. The van der Waals surface area contributed by atoms with Gasteiger partial charge in [-0.25, -0.2) is 0 Å². The number of hydrogen-bond acceptors (Lipinski definition) is 2. The minimum absolute atomic E-state index is 0.515. The van der Waals surface area contributed by atoms with Gasteiger partial charge in [0.1, 0.15) is 0 Å². The zero-order valence-corrected chi connectivity index (χ0v) is 11.9. The third-order valence-electron chi connectivity index (χ3n) is 4.26. The Morgan fingerprint density at radius 1 is 1.28 bits per heavy atom. The van der Waals surface area contributed by atoms with E-state index in [1.165, 1.54) is 24.1 Å². The molecule has 0 saturated carbocycles. The minimum Gasteiger partial charge on any atom is -0.330 e. The third kappa shape index (κ3) is 2.60. The van der Waals surface area contributed by atoms with Crippen LogP contribution in [0.15, 0.2) is 24.3 Å². The summed E-state index contributed by atoms with van der Waals surface area (Å²) < 4.78 is 0. The summed E-state index contributed by atoms with van der Waals surface area (Å²) in [5, 5.41) is 0. The first-order valence-electron chi connectivity index (χ1n) is 7.22. The normalized spacial score (nSPS) is 24.9. The number of rotatable bonds is 4. The molecule has 100 valence electrons. The van der Waals surface area contributed by atoms with Crippen molar-refractivity contribution in [1.82, 2.24) is 4.90 Å². The maximum atomic E-state index is 5.95. The molecular formula is C16H26N2. The second-order valence-electron chi connectivity index (χ2n) is 5.66. The molecule has 1 aliphatic rings. The van der Waals surface area contributed by atoms with E-state index in [0.29, 0.717) is 18.0 Å². The number of likely N-dealkylation sites (tertiary alicyclic amines) is 1. The summed E-state index contributed by atoms with van der Waals surface area (Å²) in [6, 6.07) is 10.2. The van der Waals surface area contributed by atoms with Crippen LogP contribution in [-0.4, -0.2) is 24.0 Å². The SMILES string of the molecule is CCc1ccc(C2C(CN)CCN2C(C)C)cc1. The first-order chi connectivity index (χ1) is 8.67. The lowest BCUT2D eigenvalue weighted by Gasteiger charge is -2.31. The first kappa shape index (κ1) is 13.6. The van der Waals surface area contributed by atoms with Gasteiger partial charge in [0, 0.05) is 12.1 Å². The Labute approximate surface area is 111 Å². The molecule has 0 aromatic heterocycles. The minimum atomic E-state index is 0.515. The first-order valence-corrected chi connectivity index (χ1v) is 7.22. The second-order valence-corrected chi connectivity index (χ2v) is 5.66. The van der Waals surface area contributed by atoms with Gasteiger partial charge >= 0.3 is 0 Å². The quantitative estimate of drug-likeness (QED) is 0.885. The molecule has 0 amide bonds. The van der Waals surface area contributed by atoms with Crippen LogP contribution in [-0.2, 0) is 6.42 Å². The van der Waals surface area contributed by atoms with E-state index in [0.717, 1.165) is 13.0 Å². The largest absolute Gasteiger partial charge is 0.330 e. The Balaban J connectivity index is 2.25. The highest BCUT2D eigenvalue weighted by molar-refractivity contribution is 5.26. The Kier molecular flexibility index (Phi) is 4.41. The molecule has 1 saturated heterocycles. The van der Waals surface area contributed by atoms with Crippen molar-refractivity contribution >= 4 is 0 Å². The Morgan fingerprint density at radius 2 is 1.94 bits per heavy atom. The molecule has 2 N–H and O–H groups in total. The van der Waals surface area contributed by atoms with Crippen molar-refractivity contribution in [2.24, 2.45) is 11.7 Å². The average Bonchev–Trinajstić information content (AvgIpc) is 2.82. The molecule has 2 rings (SSSR count). The van der Waals surface area contributed by atoms with Crippen LogP contribution in [0.25, 0.3) is 0 Å². The van der Waals surface area contributed by atoms with Gasteiger partial charge in [-0.15, -0.1) is 0 Å². The van der Waals surface area contributed by atoms with Crippen molar-refractivity contribution in [3.8, 4) is 0 Å². The molecule has 0 spiro atoms. The molecule has 0 aliphatic carbocycles. The van der Waals surface area contributed by atoms with Crippen molar-refractivity contribution < 1.29 is 0 Å². The van der Waals surface area contributed by atoms with Crippen molar-refractivity contribution in [2.45, 2.75) is 45.7 Å². The number of aryl methyl sites for hydroxylation is 1. The van der Waals surface area contributed by atoms with Crippen molar-refractivity contribution in [2.75, 3.05) is 13.1 Å². The Bertz CT molecular complexity index is 369. The van der Waals surface area contributed by atoms with E-state index >= 15 is 0 Å². The summed E-state index contributed by atoms with van der Waals surface area (Å²) in [6.07, 6.45) is 2.34. The highest BCUT2D eigenvalue weighted by Crippen LogP contribution is 2.38. The molecular weight excluding hydrogens is 220 g/mol. The van der Waals surface area contributed by atoms with Gasteiger partial charge in [0.2, 0.25) is 0 Å². The molecule has 1 aromatic carbocycles. The fraction of sp³-hybridized carbons (Fsp3) is 0.625. The van der Waals surface area contributed by atoms with Gasteiger partial charge in [0.25, 0.3) is 0 Å². The van der Waals surface area contributed by atoms with Crippen LogP contribution in [0.1, 0.15) is 44.4 Å². The predicted molar refractivity (Wildman–Crippen MR) is 77.6 cm³/mol. The maximum absolute atomic E-state index is 5.95. The van der Waals surface area contributed by atoms with Gasteiger partial charge in [0.15, 0.2) is 0 Å². The molecule has 2 atom stereocenters. The Morgan fingerprint density at radius 3 is 2.44 bits per heavy atom. The molecule has 1 heterocycles. The van der Waals surface area contributed by atoms with Crippen LogP contribution >= 0.6 is 0 Å². The number of benzene rings is 1. The van der Waals surface area contributed by atoms with E-state index in [2.05, 4.69) is 49.9 Å². The zero-order chi connectivity index (χ0) is 13.1. The van der Waals surface area contributed by atoms with Gasteiger partial charge in [-0.3, -0.25) is 4.90 Å². The standard InChI is InChI=1S/C16H26N2/c1-4-13-5-7-14(8-6-13)16-15(11-17)9-10-18(16)12(2)3/h5-8,12,15-16H,4,9-11,17H2,1-3H3. The summed E-state index contributed by atoms with van der Waals surface area (Å²) in [7, 11) is 0. The van der Waals surface area contributed by atoms with E-state index in [4.69, 9.17) is 5.73 Å². The van der Waals surface area contributed by atoms with E-state index < -0.39 is 0 Å². The van der Waals surface area contributed by atoms with Crippen LogP contribution < -0.4 is 5.73 Å². The van der Waals surface area contributed by atoms with Crippen LogP contribution in [0.5, 0.6) is 0 Å². The van der Waals surface area contributed by atoms with Crippen LogP contribution in [0.2, 0.25) is 0 Å². The highest BCUT2D eigenvalue weighted by Gasteiger charge is 2.35. The highest BCUT2D eigenvalue weighted by atomic mass is 15.2. The molecule has 1 aromatic rings. The van der Waals surface area contributed by atoms with Gasteiger partial charge in [-0.1, -0.05) is 31.2 Å². The van der Waals surface area contributed by atoms with Crippen LogP contribution in [0, 0.1) is 5.92 Å². The molecule has 2 unspecified atom stereocenters. The van der Waals surface area contributed by atoms with Crippen LogP contribution in [0.4, 0.5) is 0 Å². The molecule has 1 aliphatic heterocycles. The van der Waals surface area contributed by atoms with Gasteiger partial charge in [-0.05, 0) is 56.8 Å². The summed E-state index contributed by atoms with van der Waals surface area (Å²) in [5.41, 5.74) is 8.81. The number of nitrogens with two attached hydrogens (primary N) is 1. The van der Waals surface area contributed by atoms with Crippen molar-refractivity contribution in [1.29, 1.82) is 0 Å². The van der Waals surface area contributed by atoms with Crippen LogP contribution in [0.3, 0.4) is 0 Å². The third-order valence-corrected chi connectivity index (χ3v) is 4.26. The monoisotopic (exact) mass is 246 g/mol. The molecule has 2 nitrogen and oxygen atoms in total. The van der Waals surface area contributed by atoms with Gasteiger partial charge in [0.05, 0.1) is 0 Å². The number of hydrogen-bond donors (Lipinski definition) is 1. The topological polar surface area (TPSA) is 29.3 Å². The van der Waals surface area contributed by atoms with E-state index in [9.17, 15) is 0 Å². The summed E-state index contributed by atoms with van der Waals surface area (Å²) in [4.78, 5) is 2.60. The van der Waals surface area contributed by atoms with Gasteiger partial charge in [-0.2, -0.15) is 0 Å². The number of nitrogens with zero attached hydrogens (tertiary/aromatic N) is 1. The fourth-order valence-electron chi connectivity index (χ4n) is 3.12. The molecule has 1 fully saturated rings.